The molecule has 0 unspecified atom stereocenters. The van der Waals surface area contributed by atoms with Crippen molar-refractivity contribution >= 4 is 33.3 Å². The van der Waals surface area contributed by atoms with Crippen LogP contribution in [0.4, 0.5) is 0 Å². The average molecular weight is 405 g/mol. The lowest BCUT2D eigenvalue weighted by molar-refractivity contribution is 0.463. The SMILES string of the molecule is CCCCS(=O)(=O)Oc1cc(C(C)(C)C)nn1-c1ccc(Cl)c(Cl)c1. The molecule has 25 heavy (non-hydrogen) atoms. The minimum Gasteiger partial charge on any atom is -0.361 e. The molecule has 0 atom stereocenters. The number of benzene rings is 1. The Morgan fingerprint density at radius 1 is 1.16 bits per heavy atom. The zero-order chi connectivity index (χ0) is 18.8. The van der Waals surface area contributed by atoms with Crippen LogP contribution in [0.2, 0.25) is 10.0 Å². The van der Waals surface area contributed by atoms with E-state index >= 15 is 0 Å². The fourth-order valence-corrected chi connectivity index (χ4v) is 3.48. The topological polar surface area (TPSA) is 61.2 Å². The minimum atomic E-state index is -3.70. The van der Waals surface area contributed by atoms with E-state index in [0.717, 1.165) is 6.42 Å². The first-order chi connectivity index (χ1) is 11.5. The maximum atomic E-state index is 12.2. The van der Waals surface area contributed by atoms with Crippen molar-refractivity contribution < 1.29 is 12.6 Å². The van der Waals surface area contributed by atoms with Gasteiger partial charge in [-0.15, -0.1) is 0 Å². The lowest BCUT2D eigenvalue weighted by atomic mass is 9.93. The predicted octanol–water partition coefficient (Wildman–Crippen LogP) is 4.99. The van der Waals surface area contributed by atoms with E-state index in [1.807, 2.05) is 27.7 Å². The van der Waals surface area contributed by atoms with E-state index in [2.05, 4.69) is 5.10 Å². The third kappa shape index (κ3) is 5.12. The van der Waals surface area contributed by atoms with E-state index < -0.39 is 10.1 Å². The van der Waals surface area contributed by atoms with E-state index in [0.29, 0.717) is 27.8 Å². The molecule has 1 heterocycles. The number of unbranched alkanes of at least 4 members (excludes halogenated alkanes) is 1. The minimum absolute atomic E-state index is 0.0408. The maximum absolute atomic E-state index is 12.2. The average Bonchev–Trinajstić information content (AvgIpc) is 2.91. The number of halogens is 2. The lowest BCUT2D eigenvalue weighted by Gasteiger charge is -2.14. The Hall–Kier alpha value is -1.24. The van der Waals surface area contributed by atoms with E-state index in [1.165, 1.54) is 4.68 Å². The van der Waals surface area contributed by atoms with Crippen LogP contribution in [0.15, 0.2) is 24.3 Å². The predicted molar refractivity (Wildman–Crippen MR) is 102 cm³/mol. The molecule has 5 nitrogen and oxygen atoms in total. The van der Waals surface area contributed by atoms with Crippen molar-refractivity contribution in [2.45, 2.75) is 46.0 Å². The summed E-state index contributed by atoms with van der Waals surface area (Å²) >= 11 is 12.0. The van der Waals surface area contributed by atoms with Crippen molar-refractivity contribution in [1.29, 1.82) is 0 Å². The van der Waals surface area contributed by atoms with Crippen LogP contribution in [0, 0.1) is 0 Å². The second-order valence-corrected chi connectivity index (χ2v) is 9.33. The molecule has 0 aliphatic heterocycles. The normalized spacial score (nSPS) is 12.4. The van der Waals surface area contributed by atoms with Crippen molar-refractivity contribution in [1.82, 2.24) is 9.78 Å². The zero-order valence-electron chi connectivity index (χ0n) is 14.7. The Morgan fingerprint density at radius 2 is 1.84 bits per heavy atom. The molecule has 2 rings (SSSR count). The van der Waals surface area contributed by atoms with Gasteiger partial charge in [-0.2, -0.15) is 18.2 Å². The summed E-state index contributed by atoms with van der Waals surface area (Å²) < 4.78 is 31.2. The van der Waals surface area contributed by atoms with Gasteiger partial charge in [0.15, 0.2) is 0 Å². The molecule has 0 amide bonds. The molecule has 0 aliphatic carbocycles. The van der Waals surface area contributed by atoms with Gasteiger partial charge in [-0.1, -0.05) is 57.3 Å². The Kier molecular flexibility index (Phi) is 6.07. The van der Waals surface area contributed by atoms with Gasteiger partial charge in [0.25, 0.3) is 0 Å². The fraction of sp³-hybridized carbons (Fsp3) is 0.471. The summed E-state index contributed by atoms with van der Waals surface area (Å²) in [7, 11) is -3.70. The first kappa shape index (κ1) is 20.1. The lowest BCUT2D eigenvalue weighted by Crippen LogP contribution is -2.16. The molecule has 0 N–H and O–H groups in total. The van der Waals surface area contributed by atoms with E-state index in [1.54, 1.807) is 24.3 Å². The van der Waals surface area contributed by atoms with E-state index in [9.17, 15) is 8.42 Å². The van der Waals surface area contributed by atoms with Crippen LogP contribution in [-0.4, -0.2) is 24.0 Å². The number of aromatic nitrogens is 2. The van der Waals surface area contributed by atoms with Gasteiger partial charge in [-0.05, 0) is 24.6 Å². The highest BCUT2D eigenvalue weighted by Crippen LogP contribution is 2.31. The Balaban J connectivity index is 2.50. The molecule has 0 bridgehead atoms. The van der Waals surface area contributed by atoms with Gasteiger partial charge in [0.2, 0.25) is 5.88 Å². The molecule has 0 radical (unpaired) electrons. The highest BCUT2D eigenvalue weighted by molar-refractivity contribution is 7.87. The van der Waals surface area contributed by atoms with Crippen LogP contribution in [0.1, 0.15) is 46.2 Å². The quantitative estimate of drug-likeness (QED) is 0.636. The van der Waals surface area contributed by atoms with E-state index in [4.69, 9.17) is 27.4 Å². The summed E-state index contributed by atoms with van der Waals surface area (Å²) in [5.41, 5.74) is 1.01. The molecule has 0 spiro atoms. The van der Waals surface area contributed by atoms with Gasteiger partial charge in [0, 0.05) is 11.5 Å². The Morgan fingerprint density at radius 3 is 2.40 bits per heavy atom. The van der Waals surface area contributed by atoms with Crippen molar-refractivity contribution in [2.75, 3.05) is 5.75 Å². The summed E-state index contributed by atoms with van der Waals surface area (Å²) in [6.45, 7) is 7.89. The fourth-order valence-electron chi connectivity index (χ4n) is 2.08. The van der Waals surface area contributed by atoms with Gasteiger partial charge in [0.05, 0.1) is 27.2 Å². The molecule has 1 aromatic heterocycles. The highest BCUT2D eigenvalue weighted by atomic mass is 35.5. The van der Waals surface area contributed by atoms with Crippen LogP contribution in [0.25, 0.3) is 5.69 Å². The van der Waals surface area contributed by atoms with Crippen molar-refractivity contribution in [2.24, 2.45) is 0 Å². The Bertz CT molecular complexity index is 855. The molecular weight excluding hydrogens is 383 g/mol. The number of hydrogen-bond acceptors (Lipinski definition) is 4. The largest absolute Gasteiger partial charge is 0.361 e. The number of nitrogens with zero attached hydrogens (tertiary/aromatic N) is 2. The second kappa shape index (κ2) is 7.56. The molecule has 0 fully saturated rings. The molecule has 1 aromatic carbocycles. The third-order valence-corrected chi connectivity index (χ3v) is 5.51. The summed E-state index contributed by atoms with van der Waals surface area (Å²) in [6, 6.07) is 6.60. The Labute approximate surface area is 159 Å². The first-order valence-electron chi connectivity index (χ1n) is 8.01. The van der Waals surface area contributed by atoms with Gasteiger partial charge >= 0.3 is 10.1 Å². The van der Waals surface area contributed by atoms with Gasteiger partial charge in [-0.3, -0.25) is 0 Å². The number of hydrogen-bond donors (Lipinski definition) is 0. The smallest absolute Gasteiger partial charge is 0.310 e. The van der Waals surface area contributed by atoms with Crippen LogP contribution in [0.5, 0.6) is 5.88 Å². The van der Waals surface area contributed by atoms with Crippen molar-refractivity contribution in [3.05, 3.63) is 40.0 Å². The molecule has 0 aliphatic rings. The summed E-state index contributed by atoms with van der Waals surface area (Å²) in [6.07, 6.45) is 1.30. The highest BCUT2D eigenvalue weighted by Gasteiger charge is 2.24. The molecule has 2 aromatic rings. The standard InChI is InChI=1S/C17H22Cl2N2O3S/c1-5-6-9-25(22,23)24-16-11-15(17(2,3)4)20-21(16)12-7-8-13(18)14(19)10-12/h7-8,10-11H,5-6,9H2,1-4H3. The van der Waals surface area contributed by atoms with Crippen LogP contribution < -0.4 is 4.18 Å². The molecular formula is C17H22Cl2N2O3S. The second-order valence-electron chi connectivity index (χ2n) is 6.83. The molecule has 0 saturated heterocycles. The summed E-state index contributed by atoms with van der Waals surface area (Å²) in [5, 5.41) is 5.27. The van der Waals surface area contributed by atoms with Gasteiger partial charge in [0.1, 0.15) is 0 Å². The summed E-state index contributed by atoms with van der Waals surface area (Å²) in [5.74, 6) is 0.0976. The van der Waals surface area contributed by atoms with Gasteiger partial charge < -0.3 is 4.18 Å². The van der Waals surface area contributed by atoms with Crippen LogP contribution in [0.3, 0.4) is 0 Å². The van der Waals surface area contributed by atoms with Crippen molar-refractivity contribution in [3.8, 4) is 11.6 Å². The zero-order valence-corrected chi connectivity index (χ0v) is 17.0. The van der Waals surface area contributed by atoms with Crippen molar-refractivity contribution in [3.63, 3.8) is 0 Å². The maximum Gasteiger partial charge on any atom is 0.310 e. The number of rotatable bonds is 6. The van der Waals surface area contributed by atoms with Crippen LogP contribution in [-0.2, 0) is 15.5 Å². The van der Waals surface area contributed by atoms with E-state index in [-0.39, 0.29) is 17.0 Å². The molecule has 8 heteroatoms. The molecule has 0 saturated carbocycles. The van der Waals surface area contributed by atoms with Gasteiger partial charge in [-0.25, -0.2) is 0 Å². The first-order valence-corrected chi connectivity index (χ1v) is 10.3. The third-order valence-electron chi connectivity index (χ3n) is 3.55. The molecule has 138 valence electrons. The van der Waals surface area contributed by atoms with Crippen LogP contribution >= 0.6 is 23.2 Å². The monoisotopic (exact) mass is 404 g/mol. The summed E-state index contributed by atoms with van der Waals surface area (Å²) in [4.78, 5) is 0.